The average Bonchev–Trinajstić information content (AvgIpc) is 3.26. The zero-order chi connectivity index (χ0) is 25.8. The fraction of sp³-hybridized carbons (Fsp3) is 0.214. The van der Waals surface area contributed by atoms with Crippen LogP contribution in [0.15, 0.2) is 82.8 Å². The molecule has 0 fully saturated rings. The van der Waals surface area contributed by atoms with E-state index in [0.29, 0.717) is 40.3 Å². The number of carbonyl (C=O) groups excluding carboxylic acids is 2. The summed E-state index contributed by atoms with van der Waals surface area (Å²) in [6.45, 7) is 0.325. The van der Waals surface area contributed by atoms with Gasteiger partial charge in [0.25, 0.3) is 5.91 Å². The molecule has 2 aliphatic heterocycles. The largest absolute Gasteiger partial charge is 0.496 e. The number of benzene rings is 3. The normalized spacial score (nSPS) is 16.0. The minimum Gasteiger partial charge on any atom is -0.496 e. The van der Waals surface area contributed by atoms with E-state index in [1.807, 2.05) is 48.5 Å². The molecule has 0 saturated carbocycles. The number of rotatable bonds is 8. The van der Waals surface area contributed by atoms with Crippen LogP contribution in [0.1, 0.15) is 29.5 Å². The molecular weight excluding hydrogens is 491 g/mol. The van der Waals surface area contributed by atoms with Gasteiger partial charge < -0.3 is 10.1 Å². The number of methoxy groups -OCH3 is 1. The smallest absolute Gasteiger partial charge is 0.270 e. The Morgan fingerprint density at radius 2 is 1.76 bits per heavy atom. The number of nitrogens with zero attached hydrogens (tertiary/aromatic N) is 3. The molecule has 188 valence electrons. The molecule has 37 heavy (non-hydrogen) atoms. The van der Waals surface area contributed by atoms with Gasteiger partial charge in [0, 0.05) is 29.8 Å². The van der Waals surface area contributed by atoms with Crippen molar-refractivity contribution in [3.63, 3.8) is 0 Å². The monoisotopic (exact) mass is 516 g/mol. The third-order valence-corrected chi connectivity index (χ3v) is 7.24. The summed E-state index contributed by atoms with van der Waals surface area (Å²) in [5, 5.41) is 3.46. The molecule has 1 unspecified atom stereocenters. The molecule has 2 heterocycles. The molecule has 1 atom stereocenters. The predicted molar refractivity (Wildman–Crippen MR) is 142 cm³/mol. The number of aliphatic imine (C=N–C) groups is 2. The zero-order valence-electron chi connectivity index (χ0n) is 20.2. The molecule has 0 aromatic heterocycles. The Bertz CT molecular complexity index is 1410. The highest BCUT2D eigenvalue weighted by atomic mass is 32.2. The molecule has 7 nitrogen and oxygen atoms in total. The summed E-state index contributed by atoms with van der Waals surface area (Å²) in [7, 11) is 1.59. The number of ether oxygens (including phenoxy) is 1. The Labute approximate surface area is 218 Å². The van der Waals surface area contributed by atoms with Gasteiger partial charge >= 0.3 is 0 Å². The number of thioether (sulfide) groups is 1. The van der Waals surface area contributed by atoms with Crippen LogP contribution in [-0.2, 0) is 21.9 Å². The Hall–Kier alpha value is -3.98. The van der Waals surface area contributed by atoms with Crippen LogP contribution in [0.5, 0.6) is 5.75 Å². The first-order valence-electron chi connectivity index (χ1n) is 11.9. The number of carbonyl (C=O) groups is 2. The van der Waals surface area contributed by atoms with Crippen LogP contribution in [0.25, 0.3) is 0 Å². The van der Waals surface area contributed by atoms with E-state index in [1.54, 1.807) is 30.2 Å². The first-order chi connectivity index (χ1) is 18.0. The van der Waals surface area contributed by atoms with Crippen molar-refractivity contribution in [2.75, 3.05) is 7.11 Å². The van der Waals surface area contributed by atoms with Crippen molar-refractivity contribution in [3.05, 3.63) is 95.3 Å². The topological polar surface area (TPSA) is 83.4 Å². The van der Waals surface area contributed by atoms with Crippen LogP contribution >= 0.6 is 11.8 Å². The molecular formula is C28H25FN4O3S. The highest BCUT2D eigenvalue weighted by Gasteiger charge is 2.41. The number of amidine groups is 2. The Morgan fingerprint density at radius 3 is 2.57 bits per heavy atom. The van der Waals surface area contributed by atoms with Gasteiger partial charge in [0.15, 0.2) is 5.17 Å². The number of hydrogen-bond acceptors (Lipinski definition) is 6. The molecule has 0 radical (unpaired) electrons. The van der Waals surface area contributed by atoms with Crippen molar-refractivity contribution in [2.45, 2.75) is 31.2 Å². The van der Waals surface area contributed by atoms with Crippen molar-refractivity contribution in [1.82, 2.24) is 10.2 Å². The van der Waals surface area contributed by atoms with E-state index in [1.165, 1.54) is 17.8 Å². The summed E-state index contributed by atoms with van der Waals surface area (Å²) < 4.78 is 19.6. The molecule has 1 N–H and O–H groups in total. The SMILES string of the molecule is COc1ccccc1CNC(=O)CCC1C(=O)N=C2c3ccccc3N=C(SCc3ccccc3F)N21. The summed E-state index contributed by atoms with van der Waals surface area (Å²) >= 11 is 1.34. The van der Waals surface area contributed by atoms with Gasteiger partial charge in [-0.15, -0.1) is 0 Å². The maximum absolute atomic E-state index is 14.2. The van der Waals surface area contributed by atoms with Crippen LogP contribution in [0.4, 0.5) is 10.1 Å². The third kappa shape index (κ3) is 5.27. The van der Waals surface area contributed by atoms with Gasteiger partial charge in [0.05, 0.1) is 12.8 Å². The summed E-state index contributed by atoms with van der Waals surface area (Å²) in [6.07, 6.45) is 0.406. The number of halogens is 1. The molecule has 0 saturated heterocycles. The molecule has 0 bridgehead atoms. The van der Waals surface area contributed by atoms with E-state index in [2.05, 4.69) is 10.3 Å². The number of hydrogen-bond donors (Lipinski definition) is 1. The fourth-order valence-electron chi connectivity index (χ4n) is 4.33. The highest BCUT2D eigenvalue weighted by Crippen LogP contribution is 2.36. The number of amides is 2. The molecule has 0 aliphatic carbocycles. The molecule has 9 heteroatoms. The van der Waals surface area contributed by atoms with E-state index in [4.69, 9.17) is 9.73 Å². The maximum atomic E-state index is 14.2. The van der Waals surface area contributed by atoms with E-state index < -0.39 is 6.04 Å². The van der Waals surface area contributed by atoms with Crippen molar-refractivity contribution >= 4 is 40.3 Å². The lowest BCUT2D eigenvalue weighted by molar-refractivity contribution is -0.122. The number of para-hydroxylation sites is 2. The van der Waals surface area contributed by atoms with Gasteiger partial charge in [-0.1, -0.05) is 60.3 Å². The lowest BCUT2D eigenvalue weighted by Gasteiger charge is -2.31. The molecule has 2 amide bonds. The highest BCUT2D eigenvalue weighted by molar-refractivity contribution is 8.13. The number of fused-ring (bicyclic) bond motifs is 3. The summed E-state index contributed by atoms with van der Waals surface area (Å²) in [5.41, 5.74) is 2.88. The standard InChI is InChI=1S/C28H25FN4O3S/c1-36-24-13-7-3-8-18(24)16-30-25(34)15-14-23-27(35)32-26-20-10-4-6-12-22(20)31-28(33(23)26)37-17-19-9-2-5-11-21(19)29/h2-13,23H,14-17H2,1H3,(H,30,34). The van der Waals surface area contributed by atoms with Crippen LogP contribution in [0.3, 0.4) is 0 Å². The number of nitrogens with one attached hydrogen (secondary N) is 1. The maximum Gasteiger partial charge on any atom is 0.270 e. The van der Waals surface area contributed by atoms with E-state index >= 15 is 0 Å². The molecule has 3 aromatic rings. The first-order valence-corrected chi connectivity index (χ1v) is 12.9. The summed E-state index contributed by atoms with van der Waals surface area (Å²) in [5.74, 6) is 0.780. The van der Waals surface area contributed by atoms with Crippen molar-refractivity contribution in [2.24, 2.45) is 9.98 Å². The van der Waals surface area contributed by atoms with E-state index in [0.717, 1.165) is 11.1 Å². The quantitative estimate of drug-likeness (QED) is 0.464. The van der Waals surface area contributed by atoms with Gasteiger partial charge in [0.1, 0.15) is 23.4 Å². The average molecular weight is 517 g/mol. The Kier molecular flexibility index (Phi) is 7.32. The second kappa shape index (κ2) is 11.0. The Morgan fingerprint density at radius 1 is 1.03 bits per heavy atom. The second-order valence-corrected chi connectivity index (χ2v) is 9.52. The minimum atomic E-state index is -0.660. The molecule has 0 spiro atoms. The van der Waals surface area contributed by atoms with Gasteiger partial charge in [-0.25, -0.2) is 9.38 Å². The zero-order valence-corrected chi connectivity index (χ0v) is 21.0. The third-order valence-electron chi connectivity index (χ3n) is 6.24. The fourth-order valence-corrected chi connectivity index (χ4v) is 5.37. The van der Waals surface area contributed by atoms with Crippen LogP contribution in [-0.4, -0.2) is 40.9 Å². The minimum absolute atomic E-state index is 0.137. The van der Waals surface area contributed by atoms with Crippen LogP contribution in [0, 0.1) is 5.82 Å². The van der Waals surface area contributed by atoms with E-state index in [-0.39, 0.29) is 30.5 Å². The molecule has 3 aromatic carbocycles. The predicted octanol–water partition coefficient (Wildman–Crippen LogP) is 4.82. The van der Waals surface area contributed by atoms with Gasteiger partial charge in [-0.05, 0) is 36.2 Å². The molecule has 2 aliphatic rings. The van der Waals surface area contributed by atoms with Crippen molar-refractivity contribution in [1.29, 1.82) is 0 Å². The van der Waals surface area contributed by atoms with Crippen molar-refractivity contribution < 1.29 is 18.7 Å². The second-order valence-electron chi connectivity index (χ2n) is 8.58. The van der Waals surface area contributed by atoms with Gasteiger partial charge in [0.2, 0.25) is 5.91 Å². The van der Waals surface area contributed by atoms with E-state index in [9.17, 15) is 14.0 Å². The molecule has 5 rings (SSSR count). The summed E-state index contributed by atoms with van der Waals surface area (Å²) in [4.78, 5) is 36.6. The van der Waals surface area contributed by atoms with Crippen LogP contribution in [0.2, 0.25) is 0 Å². The summed E-state index contributed by atoms with van der Waals surface area (Å²) in [6, 6.07) is 20.9. The first kappa shape index (κ1) is 24.7. The van der Waals surface area contributed by atoms with Gasteiger partial charge in [-0.2, -0.15) is 4.99 Å². The Balaban J connectivity index is 1.30. The lowest BCUT2D eigenvalue weighted by atomic mass is 10.1. The lowest BCUT2D eigenvalue weighted by Crippen LogP contribution is -2.44. The van der Waals surface area contributed by atoms with Gasteiger partial charge in [-0.3, -0.25) is 14.5 Å². The van der Waals surface area contributed by atoms with Crippen LogP contribution < -0.4 is 10.1 Å². The van der Waals surface area contributed by atoms with Crippen molar-refractivity contribution in [3.8, 4) is 5.75 Å².